The van der Waals surface area contributed by atoms with Crippen LogP contribution in [-0.4, -0.2) is 96.3 Å². The molecule has 1 aliphatic rings. The van der Waals surface area contributed by atoms with Crippen molar-refractivity contribution in [3.63, 3.8) is 0 Å². The Morgan fingerprint density at radius 2 is 1.66 bits per heavy atom. The predicted molar refractivity (Wildman–Crippen MR) is 197 cm³/mol. The minimum Gasteiger partial charge on any atom is -0.497 e. The van der Waals surface area contributed by atoms with Crippen molar-refractivity contribution in [2.45, 2.75) is 45.4 Å². The van der Waals surface area contributed by atoms with Crippen LogP contribution in [0.25, 0.3) is 10.9 Å². The van der Waals surface area contributed by atoms with Crippen LogP contribution >= 0.6 is 0 Å². The van der Waals surface area contributed by atoms with Crippen molar-refractivity contribution in [2.75, 3.05) is 62.2 Å². The molecule has 0 aliphatic carbocycles. The molecule has 53 heavy (non-hydrogen) atoms. The highest BCUT2D eigenvalue weighted by Gasteiger charge is 2.34. The van der Waals surface area contributed by atoms with Crippen molar-refractivity contribution in [3.8, 4) is 11.5 Å². The highest BCUT2D eigenvalue weighted by molar-refractivity contribution is 6.03. The molecule has 5 rings (SSSR count). The lowest BCUT2D eigenvalue weighted by molar-refractivity contribution is -0.134. The molecule has 282 valence electrons. The van der Waals surface area contributed by atoms with Gasteiger partial charge in [0.15, 0.2) is 5.82 Å². The molecule has 3 N–H and O–H groups in total. The summed E-state index contributed by atoms with van der Waals surface area (Å²) in [6.45, 7) is 6.75. The summed E-state index contributed by atoms with van der Waals surface area (Å²) in [5.41, 5.74) is -0.128. The SMILES string of the molecule is COc1ccc(N(C(=O)Nc2ccc(F)cc2)C(C)c2nc3ccccc3c(=O)n2N2CCN(C(=O)[C@H](CO)NC(=O)OC(C)(C)C)CC2)c(OC)c1. The van der Waals surface area contributed by atoms with E-state index in [-0.39, 0.29) is 32.0 Å². The Balaban J connectivity index is 1.52. The number of nitrogens with zero attached hydrogens (tertiary/aromatic N) is 5. The van der Waals surface area contributed by atoms with Crippen LogP contribution in [-0.2, 0) is 9.53 Å². The number of rotatable bonds is 10. The topological polar surface area (TPSA) is 168 Å². The number of piperazine rings is 1. The predicted octanol–water partition coefficient (Wildman–Crippen LogP) is 4.02. The first kappa shape index (κ1) is 38.3. The maximum atomic E-state index is 14.3. The number of aromatic nitrogens is 2. The van der Waals surface area contributed by atoms with E-state index < -0.39 is 53.7 Å². The van der Waals surface area contributed by atoms with Gasteiger partial charge in [-0.3, -0.25) is 14.5 Å². The number of nitrogens with one attached hydrogen (secondary N) is 2. The summed E-state index contributed by atoms with van der Waals surface area (Å²) in [5, 5.41) is 17.3. The zero-order chi connectivity index (χ0) is 38.4. The summed E-state index contributed by atoms with van der Waals surface area (Å²) in [5.74, 6) is 0.00870. The van der Waals surface area contributed by atoms with E-state index in [1.807, 2.05) is 0 Å². The maximum Gasteiger partial charge on any atom is 0.408 e. The smallest absolute Gasteiger partial charge is 0.408 e. The number of amides is 4. The van der Waals surface area contributed by atoms with Gasteiger partial charge in [0.1, 0.15) is 29.0 Å². The third kappa shape index (κ3) is 8.77. The van der Waals surface area contributed by atoms with Crippen LogP contribution in [0.1, 0.15) is 39.6 Å². The first-order chi connectivity index (χ1) is 25.2. The average Bonchev–Trinajstić information content (AvgIpc) is 3.14. The lowest BCUT2D eigenvalue weighted by Crippen LogP contribution is -2.60. The number of methoxy groups -OCH3 is 2. The van der Waals surface area contributed by atoms with Crippen molar-refractivity contribution in [3.05, 3.63) is 88.7 Å². The molecule has 0 spiro atoms. The molecule has 0 bridgehead atoms. The monoisotopic (exact) mass is 733 g/mol. The number of ether oxygens (including phenoxy) is 3. The molecule has 3 aromatic carbocycles. The number of alkyl carbamates (subject to hydrolysis) is 1. The van der Waals surface area contributed by atoms with E-state index >= 15 is 0 Å². The van der Waals surface area contributed by atoms with E-state index in [0.29, 0.717) is 33.8 Å². The van der Waals surface area contributed by atoms with Gasteiger partial charge in [0.25, 0.3) is 5.56 Å². The van der Waals surface area contributed by atoms with Crippen molar-refractivity contribution in [2.24, 2.45) is 0 Å². The molecule has 1 fully saturated rings. The van der Waals surface area contributed by atoms with Gasteiger partial charge in [0.2, 0.25) is 5.91 Å². The van der Waals surface area contributed by atoms with Gasteiger partial charge < -0.3 is 39.9 Å². The quantitative estimate of drug-likeness (QED) is 0.217. The second-order valence-electron chi connectivity index (χ2n) is 13.3. The number of benzene rings is 3. The number of fused-ring (bicyclic) bond motifs is 1. The number of hydrogen-bond acceptors (Lipinski definition) is 10. The minimum absolute atomic E-state index is 0.138. The zero-order valence-corrected chi connectivity index (χ0v) is 30.5. The molecule has 1 saturated heterocycles. The molecule has 16 heteroatoms. The van der Waals surface area contributed by atoms with Crippen molar-refractivity contribution >= 4 is 40.3 Å². The molecular weight excluding hydrogens is 689 g/mol. The Morgan fingerprint density at radius 3 is 2.28 bits per heavy atom. The third-order valence-electron chi connectivity index (χ3n) is 8.52. The summed E-state index contributed by atoms with van der Waals surface area (Å²) in [6.07, 6.45) is -0.836. The van der Waals surface area contributed by atoms with E-state index in [9.17, 15) is 28.7 Å². The molecule has 1 aromatic heterocycles. The van der Waals surface area contributed by atoms with Crippen molar-refractivity contribution in [1.29, 1.82) is 0 Å². The summed E-state index contributed by atoms with van der Waals surface area (Å²) >= 11 is 0. The largest absolute Gasteiger partial charge is 0.497 e. The zero-order valence-electron chi connectivity index (χ0n) is 30.5. The third-order valence-corrected chi connectivity index (χ3v) is 8.52. The standard InChI is InChI=1S/C37H44FN7O8/c1-23(44(30-16-15-26(51-5)21-31(30)52-6)35(49)39-25-13-11-24(38)12-14-25)32-40-28-10-8-7-9-27(28)33(47)45(32)43-19-17-42(18-20-43)34(48)29(22-46)41-36(50)53-37(2,3)4/h7-16,21,23,29,46H,17-20,22H2,1-6H3,(H,39,49)(H,41,50)/t23?,29-/m0/s1. The van der Waals surface area contributed by atoms with Crippen LogP contribution in [0.2, 0.25) is 0 Å². The summed E-state index contributed by atoms with van der Waals surface area (Å²) in [4.78, 5) is 62.1. The van der Waals surface area contributed by atoms with E-state index in [2.05, 4.69) is 10.6 Å². The van der Waals surface area contributed by atoms with Crippen LogP contribution in [0.3, 0.4) is 0 Å². The van der Waals surface area contributed by atoms with Crippen LogP contribution in [0.15, 0.2) is 71.5 Å². The number of carbonyl (C=O) groups is 3. The molecule has 1 unspecified atom stereocenters. The van der Waals surface area contributed by atoms with Gasteiger partial charge in [-0.25, -0.2) is 23.6 Å². The van der Waals surface area contributed by atoms with Crippen molar-refractivity contribution < 1.29 is 38.1 Å². The Morgan fingerprint density at radius 1 is 0.981 bits per heavy atom. The van der Waals surface area contributed by atoms with Crippen LogP contribution in [0, 0.1) is 5.82 Å². The molecule has 1 aliphatic heterocycles. The number of aliphatic hydroxyl groups is 1. The number of halogens is 1. The lowest BCUT2D eigenvalue weighted by Gasteiger charge is -2.40. The Labute approximate surface area is 305 Å². The summed E-state index contributed by atoms with van der Waals surface area (Å²) in [7, 11) is 2.96. The summed E-state index contributed by atoms with van der Waals surface area (Å²) < 4.78 is 31.5. The van der Waals surface area contributed by atoms with E-state index in [4.69, 9.17) is 19.2 Å². The Kier molecular flexibility index (Phi) is 11.7. The Hall–Kier alpha value is -5.90. The highest BCUT2D eigenvalue weighted by atomic mass is 19.1. The fourth-order valence-corrected chi connectivity index (χ4v) is 5.97. The van der Waals surface area contributed by atoms with Crippen LogP contribution in [0.5, 0.6) is 11.5 Å². The second kappa shape index (κ2) is 16.2. The number of carbonyl (C=O) groups excluding carboxylic acids is 3. The summed E-state index contributed by atoms with van der Waals surface area (Å²) in [6, 6.07) is 14.3. The first-order valence-electron chi connectivity index (χ1n) is 17.0. The number of hydrogen-bond donors (Lipinski definition) is 3. The minimum atomic E-state index is -1.23. The van der Waals surface area contributed by atoms with Crippen LogP contribution in [0.4, 0.5) is 25.4 Å². The molecule has 2 atom stereocenters. The van der Waals surface area contributed by atoms with E-state index in [0.717, 1.165) is 0 Å². The van der Waals surface area contributed by atoms with Gasteiger partial charge in [-0.15, -0.1) is 0 Å². The molecule has 4 amide bonds. The van der Waals surface area contributed by atoms with Gasteiger partial charge in [-0.05, 0) is 76.2 Å². The second-order valence-corrected chi connectivity index (χ2v) is 13.3. The molecule has 2 heterocycles. The normalized spacial score (nSPS) is 14.3. The maximum absolute atomic E-state index is 14.3. The number of aliphatic hydroxyl groups excluding tert-OH is 1. The van der Waals surface area contributed by atoms with Gasteiger partial charge >= 0.3 is 12.1 Å². The lowest BCUT2D eigenvalue weighted by atomic mass is 10.1. The van der Waals surface area contributed by atoms with Gasteiger partial charge in [0.05, 0.1) is 56.5 Å². The number of urea groups is 1. The van der Waals surface area contributed by atoms with Gasteiger partial charge in [-0.1, -0.05) is 12.1 Å². The van der Waals surface area contributed by atoms with Gasteiger partial charge in [0, 0.05) is 24.8 Å². The molecule has 15 nitrogen and oxygen atoms in total. The molecule has 0 radical (unpaired) electrons. The average molecular weight is 734 g/mol. The van der Waals surface area contributed by atoms with E-state index in [1.165, 1.54) is 53.0 Å². The first-order valence-corrected chi connectivity index (χ1v) is 17.0. The van der Waals surface area contributed by atoms with E-state index in [1.54, 1.807) is 75.2 Å². The number of para-hydroxylation sites is 1. The highest BCUT2D eigenvalue weighted by Crippen LogP contribution is 2.37. The number of anilines is 2. The molecule has 0 saturated carbocycles. The van der Waals surface area contributed by atoms with Crippen LogP contribution < -0.4 is 35.6 Å². The molecular formula is C37H44FN7O8. The Bertz CT molecular complexity index is 2010. The van der Waals surface area contributed by atoms with Gasteiger partial charge in [-0.2, -0.15) is 0 Å². The van der Waals surface area contributed by atoms with Crippen molar-refractivity contribution in [1.82, 2.24) is 19.9 Å². The molecule has 4 aromatic rings. The fraction of sp³-hybridized carbons (Fsp3) is 0.378. The fourth-order valence-electron chi connectivity index (χ4n) is 5.97.